The highest BCUT2D eigenvalue weighted by molar-refractivity contribution is 9.10. The molecule has 0 radical (unpaired) electrons. The van der Waals surface area contributed by atoms with Gasteiger partial charge in [-0.25, -0.2) is 0 Å². The van der Waals surface area contributed by atoms with Crippen molar-refractivity contribution in [2.45, 2.75) is 0 Å². The maximum atomic E-state index is 3.63. The van der Waals surface area contributed by atoms with Gasteiger partial charge in [0.2, 0.25) is 0 Å². The van der Waals surface area contributed by atoms with Crippen LogP contribution in [0, 0.1) is 0 Å². The molecule has 40 heavy (non-hydrogen) atoms. The van der Waals surface area contributed by atoms with E-state index in [9.17, 15) is 0 Å². The minimum absolute atomic E-state index is 1.10. The van der Waals surface area contributed by atoms with Crippen LogP contribution < -0.4 is 0 Å². The zero-order valence-electron chi connectivity index (χ0n) is 21.2. The molecule has 0 unspecified atom stereocenters. The zero-order chi connectivity index (χ0) is 26.4. The Hall–Kier alpha value is -3.96. The number of rotatable bonds is 2. The molecule has 0 N–H and O–H groups in total. The summed E-state index contributed by atoms with van der Waals surface area (Å²) < 4.78 is 8.91. The molecule has 0 aliphatic carbocycles. The van der Waals surface area contributed by atoms with Crippen LogP contribution in [0.3, 0.4) is 0 Å². The Kier molecular flexibility index (Phi) is 4.86. The van der Waals surface area contributed by atoms with Gasteiger partial charge >= 0.3 is 0 Å². The van der Waals surface area contributed by atoms with Crippen molar-refractivity contribution in [1.29, 1.82) is 0 Å². The Morgan fingerprint density at radius 1 is 0.525 bits per heavy atom. The van der Waals surface area contributed by atoms with Gasteiger partial charge in [-0.1, -0.05) is 88.7 Å². The van der Waals surface area contributed by atoms with E-state index in [1.165, 1.54) is 79.0 Å². The number of thiophene rings is 2. The van der Waals surface area contributed by atoms with Crippen LogP contribution in [0.25, 0.3) is 79.0 Å². The summed E-state index contributed by atoms with van der Waals surface area (Å²) in [7, 11) is 0. The van der Waals surface area contributed by atoms with E-state index in [-0.39, 0.29) is 0 Å². The van der Waals surface area contributed by atoms with Gasteiger partial charge in [-0.15, -0.1) is 22.7 Å². The topological polar surface area (TPSA) is 4.93 Å². The van der Waals surface area contributed by atoms with Gasteiger partial charge in [0.25, 0.3) is 0 Å². The van der Waals surface area contributed by atoms with Crippen LogP contribution >= 0.6 is 38.6 Å². The number of hydrogen-bond acceptors (Lipinski definition) is 2. The molecule has 0 fully saturated rings. The fourth-order valence-corrected chi connectivity index (χ4v) is 8.95. The molecule has 3 aromatic heterocycles. The first-order valence-corrected chi connectivity index (χ1v) is 15.7. The third-order valence-electron chi connectivity index (χ3n) is 8.06. The summed E-state index contributed by atoms with van der Waals surface area (Å²) >= 11 is 7.40. The van der Waals surface area contributed by atoms with Crippen molar-refractivity contribution in [3.63, 3.8) is 0 Å². The molecule has 0 saturated heterocycles. The fraction of sp³-hybridized carbons (Fsp3) is 0. The van der Waals surface area contributed by atoms with E-state index >= 15 is 0 Å². The maximum absolute atomic E-state index is 3.63. The van der Waals surface area contributed by atoms with E-state index in [1.807, 2.05) is 22.7 Å². The second kappa shape index (κ2) is 8.52. The summed E-state index contributed by atoms with van der Waals surface area (Å²) in [6.45, 7) is 0. The van der Waals surface area contributed by atoms with E-state index in [0.29, 0.717) is 0 Å². The van der Waals surface area contributed by atoms with E-state index in [2.05, 4.69) is 142 Å². The summed E-state index contributed by atoms with van der Waals surface area (Å²) in [6.07, 6.45) is 0. The van der Waals surface area contributed by atoms with Crippen molar-refractivity contribution in [1.82, 2.24) is 4.57 Å². The number of nitrogens with zero attached hydrogens (tertiary/aromatic N) is 1. The lowest BCUT2D eigenvalue weighted by Gasteiger charge is -2.11. The van der Waals surface area contributed by atoms with E-state index in [4.69, 9.17) is 0 Å². The lowest BCUT2D eigenvalue weighted by atomic mass is 9.99. The molecule has 3 heterocycles. The molecule has 0 aliphatic heterocycles. The Labute approximate surface area is 246 Å². The first kappa shape index (κ1) is 22.8. The number of para-hydroxylation sites is 1. The van der Waals surface area contributed by atoms with Crippen LogP contribution in [-0.4, -0.2) is 4.57 Å². The fourth-order valence-electron chi connectivity index (χ4n) is 6.30. The maximum Gasteiger partial charge on any atom is 0.0634 e. The van der Waals surface area contributed by atoms with Gasteiger partial charge in [-0.3, -0.25) is 0 Å². The summed E-state index contributed by atoms with van der Waals surface area (Å²) in [4.78, 5) is 0. The van der Waals surface area contributed by atoms with Crippen molar-refractivity contribution in [3.05, 3.63) is 126 Å². The van der Waals surface area contributed by atoms with Crippen molar-refractivity contribution in [2.24, 2.45) is 0 Å². The number of benzene rings is 6. The molecular weight excluding hydrogens is 590 g/mol. The van der Waals surface area contributed by atoms with Crippen LogP contribution in [0.1, 0.15) is 0 Å². The minimum atomic E-state index is 1.10. The van der Waals surface area contributed by atoms with Crippen molar-refractivity contribution in [2.75, 3.05) is 0 Å². The summed E-state index contributed by atoms with van der Waals surface area (Å²) in [6, 6.07) is 44.6. The molecule has 0 aliphatic rings. The summed E-state index contributed by atoms with van der Waals surface area (Å²) in [5.41, 5.74) is 6.26. The smallest absolute Gasteiger partial charge is 0.0634 e. The van der Waals surface area contributed by atoms with Crippen LogP contribution in [0.5, 0.6) is 0 Å². The second-order valence-electron chi connectivity index (χ2n) is 10.3. The molecule has 1 nitrogen and oxygen atoms in total. The first-order valence-electron chi connectivity index (χ1n) is 13.3. The molecule has 0 amide bonds. The molecule has 0 spiro atoms. The van der Waals surface area contributed by atoms with Gasteiger partial charge in [0.15, 0.2) is 0 Å². The lowest BCUT2D eigenvalue weighted by molar-refractivity contribution is 1.19. The van der Waals surface area contributed by atoms with Gasteiger partial charge in [0.05, 0.1) is 11.0 Å². The largest absolute Gasteiger partial charge is 0.309 e. The quantitative estimate of drug-likeness (QED) is 0.184. The third kappa shape index (κ3) is 3.18. The minimum Gasteiger partial charge on any atom is -0.309 e. The molecular formula is C36H20BrNS2. The highest BCUT2D eigenvalue weighted by Crippen LogP contribution is 2.48. The predicted molar refractivity (Wildman–Crippen MR) is 180 cm³/mol. The molecule has 0 atom stereocenters. The molecule has 4 heteroatoms. The Bertz CT molecular complexity index is 2440. The molecule has 0 saturated carbocycles. The Balaban J connectivity index is 1.47. The number of aromatic nitrogens is 1. The molecule has 9 rings (SSSR count). The van der Waals surface area contributed by atoms with Crippen LogP contribution in [0.2, 0.25) is 0 Å². The van der Waals surface area contributed by atoms with Gasteiger partial charge < -0.3 is 4.57 Å². The first-order chi connectivity index (χ1) is 19.7. The summed E-state index contributed by atoms with van der Waals surface area (Å²) in [5, 5.41) is 7.89. The number of fused-ring (bicyclic) bond motifs is 10. The average molecular weight is 611 g/mol. The van der Waals surface area contributed by atoms with Crippen LogP contribution in [-0.2, 0) is 0 Å². The SMILES string of the molecule is Brc1ccc(-c2cc3c4ccccc4n(-c4ccc5c(c4)sc4ccccc45)c3c3c2sc2ccccc23)cc1. The average Bonchev–Trinajstić information content (AvgIpc) is 3.66. The van der Waals surface area contributed by atoms with Crippen molar-refractivity contribution < 1.29 is 0 Å². The van der Waals surface area contributed by atoms with Crippen molar-refractivity contribution in [3.8, 4) is 16.8 Å². The molecule has 9 aromatic rings. The van der Waals surface area contributed by atoms with Crippen LogP contribution in [0.4, 0.5) is 0 Å². The molecule has 188 valence electrons. The van der Waals surface area contributed by atoms with E-state index in [1.54, 1.807) is 0 Å². The summed E-state index contributed by atoms with van der Waals surface area (Å²) in [5.74, 6) is 0. The van der Waals surface area contributed by atoms with Gasteiger partial charge in [0, 0.05) is 66.8 Å². The monoisotopic (exact) mass is 609 g/mol. The highest BCUT2D eigenvalue weighted by Gasteiger charge is 2.21. The normalized spacial score (nSPS) is 12.1. The third-order valence-corrected chi connectivity index (χ3v) is 10.9. The lowest BCUT2D eigenvalue weighted by Crippen LogP contribution is -1.94. The predicted octanol–water partition coefficient (Wildman–Crippen LogP) is 11.9. The van der Waals surface area contributed by atoms with Gasteiger partial charge in [-0.2, -0.15) is 0 Å². The molecule has 0 bridgehead atoms. The zero-order valence-corrected chi connectivity index (χ0v) is 24.4. The standard InChI is InChI=1S/C36H20BrNS2/c37-22-15-13-21(14-16-22)28-20-29-24-7-1-4-10-30(24)38(35(29)34-27-9-3-6-12-32(27)40-36(28)34)23-17-18-26-25-8-2-5-11-31(25)39-33(26)19-23/h1-20H. The van der Waals surface area contributed by atoms with Crippen molar-refractivity contribution >= 4 is 101 Å². The molecule has 6 aromatic carbocycles. The number of hydrogen-bond donors (Lipinski definition) is 0. The second-order valence-corrected chi connectivity index (χ2v) is 13.3. The Morgan fingerprint density at radius 3 is 2.02 bits per heavy atom. The van der Waals surface area contributed by atoms with Gasteiger partial charge in [0.1, 0.15) is 0 Å². The Morgan fingerprint density at radius 2 is 1.20 bits per heavy atom. The highest BCUT2D eigenvalue weighted by atomic mass is 79.9. The van der Waals surface area contributed by atoms with E-state index < -0.39 is 0 Å². The van der Waals surface area contributed by atoms with Gasteiger partial charge in [-0.05, 0) is 54.1 Å². The van der Waals surface area contributed by atoms with Crippen LogP contribution in [0.15, 0.2) is 126 Å². The number of halogens is 1. The van der Waals surface area contributed by atoms with E-state index in [0.717, 1.165) is 4.47 Å².